The third kappa shape index (κ3) is 3.09. The van der Waals surface area contributed by atoms with Crippen LogP contribution in [0.1, 0.15) is 25.7 Å². The Hall–Kier alpha value is -0.920. The van der Waals surface area contributed by atoms with E-state index in [4.69, 9.17) is 23.2 Å². The number of unbranched alkanes of at least 4 members (excludes halogenated alkanes) is 3. The van der Waals surface area contributed by atoms with Gasteiger partial charge in [-0.1, -0.05) is 35.7 Å². The van der Waals surface area contributed by atoms with Gasteiger partial charge in [-0.3, -0.25) is 0 Å². The fourth-order valence-corrected chi connectivity index (χ4v) is 2.71. The van der Waals surface area contributed by atoms with Gasteiger partial charge in [0.25, 0.3) is 0 Å². The van der Waals surface area contributed by atoms with Gasteiger partial charge in [0.2, 0.25) is 0 Å². The van der Waals surface area contributed by atoms with Crippen molar-refractivity contribution in [3.8, 4) is 0 Å². The Morgan fingerprint density at radius 2 is 2.00 bits per heavy atom. The van der Waals surface area contributed by atoms with E-state index in [-0.39, 0.29) is 0 Å². The molecule has 0 spiro atoms. The molecule has 0 N–H and O–H groups in total. The number of aryl methyl sites for hydroxylation is 1. The minimum absolute atomic E-state index is 0.694. The molecule has 0 aliphatic rings. The van der Waals surface area contributed by atoms with Gasteiger partial charge in [0.1, 0.15) is 0 Å². The van der Waals surface area contributed by atoms with Crippen molar-refractivity contribution in [1.82, 2.24) is 4.57 Å². The highest BCUT2D eigenvalue weighted by molar-refractivity contribution is 6.38. The molecule has 0 saturated carbocycles. The molecule has 2 aromatic rings. The summed E-state index contributed by atoms with van der Waals surface area (Å²) in [4.78, 5) is 0. The molecule has 18 heavy (non-hydrogen) atoms. The van der Waals surface area contributed by atoms with Crippen molar-refractivity contribution in [2.24, 2.45) is 0 Å². The highest BCUT2D eigenvalue weighted by Crippen LogP contribution is 2.28. The maximum atomic E-state index is 6.17. The van der Waals surface area contributed by atoms with E-state index in [9.17, 15) is 0 Å². The lowest BCUT2D eigenvalue weighted by molar-refractivity contribution is 0.603. The molecule has 0 amide bonds. The molecule has 0 radical (unpaired) electrons. The van der Waals surface area contributed by atoms with E-state index in [2.05, 4.69) is 23.4 Å². The second-order valence-electron chi connectivity index (χ2n) is 4.47. The van der Waals surface area contributed by atoms with Crippen LogP contribution in [-0.4, -0.2) is 4.57 Å². The monoisotopic (exact) mass is 281 g/mol. The van der Waals surface area contributed by atoms with E-state index in [1.165, 1.54) is 19.3 Å². The van der Waals surface area contributed by atoms with Crippen molar-refractivity contribution in [3.05, 3.63) is 47.1 Å². The first kappa shape index (κ1) is 13.5. The molecule has 1 nitrogen and oxygen atoms in total. The van der Waals surface area contributed by atoms with Crippen LogP contribution < -0.4 is 0 Å². The number of fused-ring (bicyclic) bond motifs is 1. The first-order chi connectivity index (χ1) is 8.72. The van der Waals surface area contributed by atoms with Gasteiger partial charge in [0, 0.05) is 23.2 Å². The van der Waals surface area contributed by atoms with E-state index >= 15 is 0 Å². The van der Waals surface area contributed by atoms with Crippen LogP contribution in [0.25, 0.3) is 10.9 Å². The second kappa shape index (κ2) is 6.31. The van der Waals surface area contributed by atoms with Gasteiger partial charge in [0.05, 0.1) is 10.5 Å². The van der Waals surface area contributed by atoms with E-state index in [1.54, 1.807) is 6.07 Å². The molecular formula is C15H17Cl2N. The summed E-state index contributed by atoms with van der Waals surface area (Å²) in [5.74, 6) is 0. The topological polar surface area (TPSA) is 4.93 Å². The largest absolute Gasteiger partial charge is 0.347 e. The van der Waals surface area contributed by atoms with Crippen molar-refractivity contribution >= 4 is 34.1 Å². The van der Waals surface area contributed by atoms with Gasteiger partial charge >= 0.3 is 0 Å². The quantitative estimate of drug-likeness (QED) is 0.473. The van der Waals surface area contributed by atoms with Crippen LogP contribution in [0.3, 0.4) is 0 Å². The van der Waals surface area contributed by atoms with E-state index in [0.29, 0.717) is 5.02 Å². The summed E-state index contributed by atoms with van der Waals surface area (Å²) in [6.45, 7) is 4.75. The Kier molecular flexibility index (Phi) is 4.73. The predicted octanol–water partition coefficient (Wildman–Crippen LogP) is 5.69. The van der Waals surface area contributed by atoms with E-state index in [0.717, 1.165) is 28.9 Å². The minimum Gasteiger partial charge on any atom is -0.347 e. The summed E-state index contributed by atoms with van der Waals surface area (Å²) >= 11 is 12.2. The highest BCUT2D eigenvalue weighted by Gasteiger charge is 2.06. The van der Waals surface area contributed by atoms with Gasteiger partial charge in [-0.05, 0) is 37.5 Å². The first-order valence-electron chi connectivity index (χ1n) is 6.27. The van der Waals surface area contributed by atoms with Crippen LogP contribution in [0.2, 0.25) is 10.0 Å². The van der Waals surface area contributed by atoms with Crippen LogP contribution in [-0.2, 0) is 6.54 Å². The zero-order valence-electron chi connectivity index (χ0n) is 10.3. The summed E-state index contributed by atoms with van der Waals surface area (Å²) < 4.78 is 2.22. The SMILES string of the molecule is C=CCCCCCn1ccc2c(Cl)cc(Cl)cc21. The van der Waals surface area contributed by atoms with E-state index in [1.807, 2.05) is 12.1 Å². The van der Waals surface area contributed by atoms with Crippen molar-refractivity contribution in [2.45, 2.75) is 32.2 Å². The summed E-state index contributed by atoms with van der Waals surface area (Å²) in [7, 11) is 0. The number of benzene rings is 1. The van der Waals surface area contributed by atoms with Gasteiger partial charge in [-0.2, -0.15) is 0 Å². The molecule has 3 heteroatoms. The fourth-order valence-electron chi connectivity index (χ4n) is 2.16. The molecule has 0 unspecified atom stereocenters. The molecule has 0 atom stereocenters. The summed E-state index contributed by atoms with van der Waals surface area (Å²) in [6.07, 6.45) is 8.76. The molecule has 2 rings (SSSR count). The molecular weight excluding hydrogens is 265 g/mol. The maximum Gasteiger partial charge on any atom is 0.0514 e. The van der Waals surface area contributed by atoms with Gasteiger partial charge < -0.3 is 4.57 Å². The molecule has 0 fully saturated rings. The summed E-state index contributed by atoms with van der Waals surface area (Å²) in [5, 5.41) is 2.49. The highest BCUT2D eigenvalue weighted by atomic mass is 35.5. The lowest BCUT2D eigenvalue weighted by atomic mass is 10.2. The van der Waals surface area contributed by atoms with Crippen LogP contribution in [0, 0.1) is 0 Å². The number of allylic oxidation sites excluding steroid dienone is 1. The lowest BCUT2D eigenvalue weighted by Gasteiger charge is -2.06. The zero-order chi connectivity index (χ0) is 13.0. The molecule has 0 saturated heterocycles. The number of rotatable bonds is 6. The van der Waals surface area contributed by atoms with Crippen LogP contribution >= 0.6 is 23.2 Å². The molecule has 0 bridgehead atoms. The average molecular weight is 282 g/mol. The third-order valence-corrected chi connectivity index (χ3v) is 3.64. The number of aromatic nitrogens is 1. The third-order valence-electron chi connectivity index (χ3n) is 3.11. The minimum atomic E-state index is 0.694. The Labute approximate surface area is 118 Å². The van der Waals surface area contributed by atoms with E-state index < -0.39 is 0 Å². The van der Waals surface area contributed by atoms with Gasteiger partial charge in [-0.25, -0.2) is 0 Å². The maximum absolute atomic E-state index is 6.17. The lowest BCUT2D eigenvalue weighted by Crippen LogP contribution is -1.95. The molecule has 1 heterocycles. The molecule has 96 valence electrons. The molecule has 0 aliphatic heterocycles. The Balaban J connectivity index is 2.07. The predicted molar refractivity (Wildman–Crippen MR) is 80.6 cm³/mol. The van der Waals surface area contributed by atoms with Crippen molar-refractivity contribution < 1.29 is 0 Å². The zero-order valence-corrected chi connectivity index (χ0v) is 11.8. The summed E-state index contributed by atoms with van der Waals surface area (Å²) in [6, 6.07) is 5.82. The van der Waals surface area contributed by atoms with Crippen molar-refractivity contribution in [1.29, 1.82) is 0 Å². The number of nitrogens with zero attached hydrogens (tertiary/aromatic N) is 1. The Bertz CT molecular complexity index is 543. The first-order valence-corrected chi connectivity index (χ1v) is 7.03. The normalized spacial score (nSPS) is 11.0. The average Bonchev–Trinajstić information content (AvgIpc) is 2.72. The summed E-state index contributed by atoms with van der Waals surface area (Å²) in [5.41, 5.74) is 1.12. The van der Waals surface area contributed by atoms with Crippen LogP contribution in [0.5, 0.6) is 0 Å². The van der Waals surface area contributed by atoms with Crippen LogP contribution in [0.4, 0.5) is 0 Å². The fraction of sp³-hybridized carbons (Fsp3) is 0.333. The molecule has 0 aliphatic carbocycles. The number of hydrogen-bond donors (Lipinski definition) is 0. The Morgan fingerprint density at radius 1 is 1.17 bits per heavy atom. The standard InChI is InChI=1S/C15H17Cl2N/c1-2-3-4-5-6-8-18-9-7-13-14(17)10-12(16)11-15(13)18/h2,7,9-11H,1,3-6,8H2. The van der Waals surface area contributed by atoms with Crippen molar-refractivity contribution in [2.75, 3.05) is 0 Å². The van der Waals surface area contributed by atoms with Crippen LogP contribution in [0.15, 0.2) is 37.1 Å². The number of hydrogen-bond acceptors (Lipinski definition) is 0. The Morgan fingerprint density at radius 3 is 2.78 bits per heavy atom. The molecule has 1 aromatic heterocycles. The smallest absolute Gasteiger partial charge is 0.0514 e. The second-order valence-corrected chi connectivity index (χ2v) is 5.31. The van der Waals surface area contributed by atoms with Gasteiger partial charge in [0.15, 0.2) is 0 Å². The molecule has 1 aromatic carbocycles. The number of halogens is 2. The van der Waals surface area contributed by atoms with Gasteiger partial charge in [-0.15, -0.1) is 6.58 Å². The van der Waals surface area contributed by atoms with Crippen molar-refractivity contribution in [3.63, 3.8) is 0 Å².